The summed E-state index contributed by atoms with van der Waals surface area (Å²) in [6, 6.07) is 0. The molecular weight excluding hydrogens is 162 g/mol. The lowest BCUT2D eigenvalue weighted by atomic mass is 10.1. The average Bonchev–Trinajstić information content (AvgIpc) is 2.59. The summed E-state index contributed by atoms with van der Waals surface area (Å²) in [5.41, 5.74) is 0. The van der Waals surface area contributed by atoms with Crippen molar-refractivity contribution < 1.29 is 4.79 Å². The van der Waals surface area contributed by atoms with E-state index in [4.69, 9.17) is 0 Å². The molecule has 0 amide bonds. The van der Waals surface area contributed by atoms with Gasteiger partial charge in [-0.05, 0) is 26.9 Å². The summed E-state index contributed by atoms with van der Waals surface area (Å²) in [5.74, 6) is 0.675. The van der Waals surface area contributed by atoms with Gasteiger partial charge in [0.15, 0.2) is 0 Å². The minimum Gasteiger partial charge on any atom is -0.306 e. The molecule has 1 rings (SSSR count). The van der Waals surface area contributed by atoms with Gasteiger partial charge in [-0.25, -0.2) is 0 Å². The summed E-state index contributed by atoms with van der Waals surface area (Å²) in [6.07, 6.45) is 1.06. The number of nitrogens with zero attached hydrogens (tertiary/aromatic N) is 1. The molecule has 1 atom stereocenters. The van der Waals surface area contributed by atoms with Crippen LogP contribution < -0.4 is 0 Å². The largest absolute Gasteiger partial charge is 0.306 e. The van der Waals surface area contributed by atoms with Crippen LogP contribution >= 0.6 is 0 Å². The van der Waals surface area contributed by atoms with Gasteiger partial charge in [-0.3, -0.25) is 4.79 Å². The first-order valence-electron chi connectivity index (χ1n) is 5.39. The van der Waals surface area contributed by atoms with Crippen LogP contribution in [0.2, 0.25) is 0 Å². The summed E-state index contributed by atoms with van der Waals surface area (Å²) in [4.78, 5) is 13.0. The Morgan fingerprint density at radius 1 is 1.23 bits per heavy atom. The number of hydrogen-bond donors (Lipinski definition) is 0. The Labute approximate surface area is 83.3 Å². The minimum atomic E-state index is 0.329. The SMILES string of the molecule is CC.CC.CC(=O)C1CCN(C)C1. The van der Waals surface area contributed by atoms with Crippen molar-refractivity contribution in [3.05, 3.63) is 0 Å². The van der Waals surface area contributed by atoms with Gasteiger partial charge in [0, 0.05) is 12.5 Å². The van der Waals surface area contributed by atoms with E-state index in [1.807, 2.05) is 27.7 Å². The third-order valence-corrected chi connectivity index (χ3v) is 1.97. The van der Waals surface area contributed by atoms with E-state index in [2.05, 4.69) is 11.9 Å². The summed E-state index contributed by atoms with van der Waals surface area (Å²) in [6.45, 7) is 11.7. The highest BCUT2D eigenvalue weighted by molar-refractivity contribution is 5.78. The Morgan fingerprint density at radius 2 is 1.69 bits per heavy atom. The third kappa shape index (κ3) is 6.76. The summed E-state index contributed by atoms with van der Waals surface area (Å²) in [5, 5.41) is 0. The molecule has 1 fully saturated rings. The number of rotatable bonds is 1. The predicted octanol–water partition coefficient (Wildman–Crippen LogP) is 2.58. The monoisotopic (exact) mass is 187 g/mol. The van der Waals surface area contributed by atoms with E-state index < -0.39 is 0 Å². The molecule has 1 heterocycles. The molecule has 2 heteroatoms. The Kier molecular flexibility index (Phi) is 11.3. The fourth-order valence-corrected chi connectivity index (χ4v) is 1.27. The molecule has 80 valence electrons. The number of carbonyl (C=O) groups is 1. The van der Waals surface area contributed by atoms with E-state index in [0.29, 0.717) is 11.7 Å². The van der Waals surface area contributed by atoms with Gasteiger partial charge in [-0.2, -0.15) is 0 Å². The zero-order chi connectivity index (χ0) is 10.9. The average molecular weight is 187 g/mol. The van der Waals surface area contributed by atoms with Crippen LogP contribution in [0.1, 0.15) is 41.0 Å². The van der Waals surface area contributed by atoms with Crippen LogP contribution in [0.4, 0.5) is 0 Å². The van der Waals surface area contributed by atoms with Crippen LogP contribution in [0.25, 0.3) is 0 Å². The zero-order valence-electron chi connectivity index (χ0n) is 10.1. The highest BCUT2D eigenvalue weighted by atomic mass is 16.1. The second kappa shape index (κ2) is 9.72. The van der Waals surface area contributed by atoms with Gasteiger partial charge in [0.25, 0.3) is 0 Å². The maximum atomic E-state index is 10.8. The molecule has 0 spiro atoms. The molecule has 2 nitrogen and oxygen atoms in total. The predicted molar refractivity (Wildman–Crippen MR) is 59.0 cm³/mol. The molecule has 1 saturated heterocycles. The Morgan fingerprint density at radius 3 is 1.85 bits per heavy atom. The third-order valence-electron chi connectivity index (χ3n) is 1.97. The maximum absolute atomic E-state index is 10.8. The molecule has 1 aliphatic rings. The van der Waals surface area contributed by atoms with Gasteiger partial charge in [-0.1, -0.05) is 27.7 Å². The lowest BCUT2D eigenvalue weighted by molar-refractivity contribution is -0.120. The quantitative estimate of drug-likeness (QED) is 0.629. The van der Waals surface area contributed by atoms with Crippen molar-refractivity contribution in [1.29, 1.82) is 0 Å². The summed E-state index contributed by atoms with van der Waals surface area (Å²) >= 11 is 0. The molecule has 0 bridgehead atoms. The lowest BCUT2D eigenvalue weighted by Gasteiger charge is -2.05. The van der Waals surface area contributed by atoms with Crippen molar-refractivity contribution in [3.8, 4) is 0 Å². The fourth-order valence-electron chi connectivity index (χ4n) is 1.27. The highest BCUT2D eigenvalue weighted by Gasteiger charge is 2.22. The van der Waals surface area contributed by atoms with Crippen molar-refractivity contribution in [2.45, 2.75) is 41.0 Å². The lowest BCUT2D eigenvalue weighted by Crippen LogP contribution is -2.17. The van der Waals surface area contributed by atoms with E-state index in [1.54, 1.807) is 6.92 Å². The Bertz CT molecular complexity index is 123. The van der Waals surface area contributed by atoms with Gasteiger partial charge in [0.1, 0.15) is 5.78 Å². The number of carbonyl (C=O) groups excluding carboxylic acids is 1. The minimum absolute atomic E-state index is 0.329. The van der Waals surface area contributed by atoms with Crippen LogP contribution in [0.3, 0.4) is 0 Å². The van der Waals surface area contributed by atoms with Crippen LogP contribution in [-0.2, 0) is 4.79 Å². The van der Waals surface area contributed by atoms with E-state index >= 15 is 0 Å². The smallest absolute Gasteiger partial charge is 0.134 e. The van der Waals surface area contributed by atoms with Crippen molar-refractivity contribution in [1.82, 2.24) is 4.90 Å². The molecule has 13 heavy (non-hydrogen) atoms. The van der Waals surface area contributed by atoms with Gasteiger partial charge in [0.2, 0.25) is 0 Å². The molecule has 1 aliphatic heterocycles. The van der Waals surface area contributed by atoms with E-state index in [9.17, 15) is 4.79 Å². The van der Waals surface area contributed by atoms with Crippen LogP contribution in [0.15, 0.2) is 0 Å². The molecule has 0 aliphatic carbocycles. The normalized spacial score (nSPS) is 20.9. The molecule has 0 aromatic heterocycles. The van der Waals surface area contributed by atoms with Gasteiger partial charge in [-0.15, -0.1) is 0 Å². The second-order valence-corrected chi connectivity index (χ2v) is 2.86. The molecule has 0 N–H and O–H groups in total. The van der Waals surface area contributed by atoms with Crippen molar-refractivity contribution in [2.24, 2.45) is 5.92 Å². The highest BCUT2D eigenvalue weighted by Crippen LogP contribution is 2.14. The molecular formula is C11H25NO. The van der Waals surface area contributed by atoms with Crippen LogP contribution in [0, 0.1) is 5.92 Å². The van der Waals surface area contributed by atoms with Gasteiger partial charge >= 0.3 is 0 Å². The zero-order valence-corrected chi connectivity index (χ0v) is 10.1. The first-order valence-corrected chi connectivity index (χ1v) is 5.39. The first kappa shape index (κ1) is 15.1. The number of ketones is 1. The number of likely N-dealkylation sites (tertiary alicyclic amines) is 1. The Hall–Kier alpha value is -0.370. The van der Waals surface area contributed by atoms with E-state index in [0.717, 1.165) is 19.5 Å². The molecule has 0 aromatic rings. The van der Waals surface area contributed by atoms with Crippen LogP contribution in [-0.4, -0.2) is 30.8 Å². The fraction of sp³-hybridized carbons (Fsp3) is 0.909. The van der Waals surface area contributed by atoms with Crippen molar-refractivity contribution in [2.75, 3.05) is 20.1 Å². The van der Waals surface area contributed by atoms with Crippen molar-refractivity contribution >= 4 is 5.78 Å². The first-order chi connectivity index (χ1) is 6.20. The maximum Gasteiger partial charge on any atom is 0.134 e. The number of hydrogen-bond acceptors (Lipinski definition) is 2. The molecule has 1 unspecified atom stereocenters. The van der Waals surface area contributed by atoms with Crippen molar-refractivity contribution in [3.63, 3.8) is 0 Å². The molecule has 0 aromatic carbocycles. The van der Waals surface area contributed by atoms with Gasteiger partial charge in [0.05, 0.1) is 0 Å². The second-order valence-electron chi connectivity index (χ2n) is 2.86. The molecule has 0 saturated carbocycles. The summed E-state index contributed by atoms with van der Waals surface area (Å²) < 4.78 is 0. The number of Topliss-reactive ketones (excluding diaryl/α,β-unsaturated/α-hetero) is 1. The van der Waals surface area contributed by atoms with E-state index in [-0.39, 0.29) is 0 Å². The molecule has 0 radical (unpaired) electrons. The summed E-state index contributed by atoms with van der Waals surface area (Å²) in [7, 11) is 2.06. The standard InChI is InChI=1S/C7H13NO.2C2H6/c1-6(9)7-3-4-8(2)5-7;2*1-2/h7H,3-5H2,1-2H3;2*1-2H3. The topological polar surface area (TPSA) is 20.3 Å². The van der Waals surface area contributed by atoms with Crippen LogP contribution in [0.5, 0.6) is 0 Å². The Balaban J connectivity index is 0. The van der Waals surface area contributed by atoms with E-state index in [1.165, 1.54) is 0 Å². The van der Waals surface area contributed by atoms with Gasteiger partial charge < -0.3 is 4.90 Å².